The van der Waals surface area contributed by atoms with Crippen molar-refractivity contribution in [2.45, 2.75) is 13.3 Å². The van der Waals surface area contributed by atoms with Gasteiger partial charge in [-0.15, -0.1) is 0 Å². The zero-order valence-electron chi connectivity index (χ0n) is 16.0. The van der Waals surface area contributed by atoms with E-state index in [1.54, 1.807) is 47.0 Å². The van der Waals surface area contributed by atoms with Gasteiger partial charge in [0.15, 0.2) is 5.69 Å². The van der Waals surface area contributed by atoms with Gasteiger partial charge in [0.25, 0.3) is 11.8 Å². The van der Waals surface area contributed by atoms with E-state index < -0.39 is 5.91 Å². The fraction of sp³-hybridized carbons (Fsp3) is 0.250. The molecule has 0 aliphatic heterocycles. The standard InChI is InChI=1S/C20H22N4O4/c1-4-10-21-20(26)18-23-17(15-7-5-6-11-24(15)18)19(25)22-14-12-13(27-2)8-9-16(14)28-3/h5-9,11-12H,4,10H2,1-3H3,(H,21,26)(H,22,25). The Morgan fingerprint density at radius 2 is 1.93 bits per heavy atom. The number of amides is 2. The molecule has 2 heterocycles. The highest BCUT2D eigenvalue weighted by atomic mass is 16.5. The third-order valence-corrected chi connectivity index (χ3v) is 4.16. The van der Waals surface area contributed by atoms with Gasteiger partial charge in [0.1, 0.15) is 11.5 Å². The Labute approximate surface area is 162 Å². The Balaban J connectivity index is 1.98. The van der Waals surface area contributed by atoms with E-state index in [0.717, 1.165) is 6.42 Å². The summed E-state index contributed by atoms with van der Waals surface area (Å²) < 4.78 is 12.1. The highest BCUT2D eigenvalue weighted by molar-refractivity contribution is 6.09. The van der Waals surface area contributed by atoms with Crippen LogP contribution in [-0.2, 0) is 0 Å². The van der Waals surface area contributed by atoms with Crippen LogP contribution in [-0.4, -0.2) is 42.0 Å². The van der Waals surface area contributed by atoms with Crippen LogP contribution in [0, 0.1) is 0 Å². The van der Waals surface area contributed by atoms with Gasteiger partial charge in [0.05, 0.1) is 25.4 Å². The number of pyridine rings is 1. The first-order valence-electron chi connectivity index (χ1n) is 8.87. The molecule has 2 amide bonds. The molecule has 3 rings (SSSR count). The predicted molar refractivity (Wildman–Crippen MR) is 105 cm³/mol. The Morgan fingerprint density at radius 1 is 1.11 bits per heavy atom. The molecule has 0 aliphatic carbocycles. The summed E-state index contributed by atoms with van der Waals surface area (Å²) in [6.45, 7) is 2.49. The Bertz CT molecular complexity index is 1010. The number of imidazole rings is 1. The van der Waals surface area contributed by atoms with Gasteiger partial charge in [-0.1, -0.05) is 13.0 Å². The van der Waals surface area contributed by atoms with E-state index in [9.17, 15) is 9.59 Å². The summed E-state index contributed by atoms with van der Waals surface area (Å²) in [5.41, 5.74) is 1.12. The molecule has 146 valence electrons. The molecule has 28 heavy (non-hydrogen) atoms. The van der Waals surface area contributed by atoms with Crippen molar-refractivity contribution < 1.29 is 19.1 Å². The Hall–Kier alpha value is -3.55. The predicted octanol–water partition coefficient (Wildman–Crippen LogP) is 2.74. The molecule has 8 heteroatoms. The minimum absolute atomic E-state index is 0.145. The summed E-state index contributed by atoms with van der Waals surface area (Å²) in [6.07, 6.45) is 2.50. The quantitative estimate of drug-likeness (QED) is 0.655. The van der Waals surface area contributed by atoms with Gasteiger partial charge in [-0.05, 0) is 30.7 Å². The molecule has 3 aromatic rings. The number of rotatable bonds is 7. The van der Waals surface area contributed by atoms with E-state index in [1.165, 1.54) is 14.2 Å². The second-order valence-electron chi connectivity index (χ2n) is 6.02. The smallest absolute Gasteiger partial charge is 0.287 e. The van der Waals surface area contributed by atoms with Gasteiger partial charge in [0, 0.05) is 18.8 Å². The number of carbonyl (C=O) groups excluding carboxylic acids is 2. The monoisotopic (exact) mass is 382 g/mol. The number of carbonyl (C=O) groups is 2. The van der Waals surface area contributed by atoms with Crippen molar-refractivity contribution >= 4 is 23.0 Å². The summed E-state index contributed by atoms with van der Waals surface area (Å²) in [6, 6.07) is 10.4. The summed E-state index contributed by atoms with van der Waals surface area (Å²) in [7, 11) is 3.05. The molecule has 0 aliphatic rings. The lowest BCUT2D eigenvalue weighted by atomic mass is 10.2. The molecular formula is C20H22N4O4. The van der Waals surface area contributed by atoms with E-state index in [-0.39, 0.29) is 17.4 Å². The number of hydrogen-bond acceptors (Lipinski definition) is 5. The van der Waals surface area contributed by atoms with Crippen LogP contribution in [0.25, 0.3) is 5.52 Å². The highest BCUT2D eigenvalue weighted by Gasteiger charge is 2.22. The molecule has 0 spiro atoms. The van der Waals surface area contributed by atoms with Gasteiger partial charge < -0.3 is 20.1 Å². The average molecular weight is 382 g/mol. The maximum absolute atomic E-state index is 12.9. The largest absolute Gasteiger partial charge is 0.497 e. The molecule has 2 N–H and O–H groups in total. The average Bonchev–Trinajstić information content (AvgIpc) is 3.12. The van der Waals surface area contributed by atoms with E-state index in [4.69, 9.17) is 9.47 Å². The summed E-state index contributed by atoms with van der Waals surface area (Å²) in [4.78, 5) is 29.7. The zero-order chi connectivity index (χ0) is 20.1. The third-order valence-electron chi connectivity index (χ3n) is 4.16. The molecule has 0 unspecified atom stereocenters. The van der Waals surface area contributed by atoms with Crippen LogP contribution in [0.5, 0.6) is 11.5 Å². The molecular weight excluding hydrogens is 360 g/mol. The van der Waals surface area contributed by atoms with Gasteiger partial charge in [0.2, 0.25) is 5.82 Å². The Morgan fingerprint density at radius 3 is 2.64 bits per heavy atom. The number of hydrogen-bond donors (Lipinski definition) is 2. The van der Waals surface area contributed by atoms with Crippen LogP contribution in [0.3, 0.4) is 0 Å². The summed E-state index contributed by atoms with van der Waals surface area (Å²) >= 11 is 0. The number of fused-ring (bicyclic) bond motifs is 1. The summed E-state index contributed by atoms with van der Waals surface area (Å²) in [5.74, 6) is 0.432. The first kappa shape index (κ1) is 19.2. The van der Waals surface area contributed by atoms with E-state index in [0.29, 0.717) is 29.2 Å². The molecule has 2 aromatic heterocycles. The Kier molecular flexibility index (Phi) is 5.78. The molecule has 0 saturated heterocycles. The molecule has 0 fully saturated rings. The van der Waals surface area contributed by atoms with E-state index >= 15 is 0 Å². The van der Waals surface area contributed by atoms with Crippen LogP contribution in [0.15, 0.2) is 42.6 Å². The maximum Gasteiger partial charge on any atom is 0.287 e. The van der Waals surface area contributed by atoms with Crippen molar-refractivity contribution in [1.29, 1.82) is 0 Å². The van der Waals surface area contributed by atoms with Crippen molar-refractivity contribution in [1.82, 2.24) is 14.7 Å². The normalized spacial score (nSPS) is 10.5. The molecule has 0 bridgehead atoms. The number of nitrogens with one attached hydrogen (secondary N) is 2. The topological polar surface area (TPSA) is 94.0 Å². The van der Waals surface area contributed by atoms with Gasteiger partial charge >= 0.3 is 0 Å². The lowest BCUT2D eigenvalue weighted by Gasteiger charge is -2.11. The lowest BCUT2D eigenvalue weighted by Crippen LogP contribution is -2.26. The van der Waals surface area contributed by atoms with Crippen LogP contribution in [0.4, 0.5) is 5.69 Å². The van der Waals surface area contributed by atoms with Crippen molar-refractivity contribution in [3.63, 3.8) is 0 Å². The minimum atomic E-state index is -0.454. The first-order valence-corrected chi connectivity index (χ1v) is 8.87. The lowest BCUT2D eigenvalue weighted by molar-refractivity contribution is 0.0942. The third kappa shape index (κ3) is 3.75. The van der Waals surface area contributed by atoms with Crippen LogP contribution in [0.2, 0.25) is 0 Å². The minimum Gasteiger partial charge on any atom is -0.497 e. The molecule has 1 aromatic carbocycles. The number of aromatic nitrogens is 2. The number of nitrogens with zero attached hydrogens (tertiary/aromatic N) is 2. The van der Waals surface area contributed by atoms with E-state index in [1.807, 2.05) is 6.92 Å². The zero-order valence-corrected chi connectivity index (χ0v) is 16.0. The molecule has 8 nitrogen and oxygen atoms in total. The highest BCUT2D eigenvalue weighted by Crippen LogP contribution is 2.29. The van der Waals surface area contributed by atoms with Gasteiger partial charge in [-0.25, -0.2) is 4.98 Å². The van der Waals surface area contributed by atoms with Gasteiger partial charge in [-0.3, -0.25) is 14.0 Å². The summed E-state index contributed by atoms with van der Waals surface area (Å²) in [5, 5.41) is 5.57. The number of anilines is 1. The number of methoxy groups -OCH3 is 2. The van der Waals surface area contributed by atoms with Crippen molar-refractivity contribution in [2.24, 2.45) is 0 Å². The second kappa shape index (κ2) is 8.43. The molecule has 0 saturated carbocycles. The fourth-order valence-corrected chi connectivity index (χ4v) is 2.78. The van der Waals surface area contributed by atoms with Gasteiger partial charge in [-0.2, -0.15) is 0 Å². The molecule has 0 atom stereocenters. The van der Waals surface area contributed by atoms with E-state index in [2.05, 4.69) is 15.6 Å². The second-order valence-corrected chi connectivity index (χ2v) is 6.02. The van der Waals surface area contributed by atoms with Crippen molar-refractivity contribution in [2.75, 3.05) is 26.1 Å². The van der Waals surface area contributed by atoms with Crippen LogP contribution >= 0.6 is 0 Å². The number of ether oxygens (including phenoxy) is 2. The first-order chi connectivity index (χ1) is 13.6. The van der Waals surface area contributed by atoms with Crippen molar-refractivity contribution in [3.05, 3.63) is 54.1 Å². The number of benzene rings is 1. The van der Waals surface area contributed by atoms with Crippen molar-refractivity contribution in [3.8, 4) is 11.5 Å². The van der Waals surface area contributed by atoms with Crippen LogP contribution in [0.1, 0.15) is 34.5 Å². The fourth-order valence-electron chi connectivity index (χ4n) is 2.78. The van der Waals surface area contributed by atoms with Crippen LogP contribution < -0.4 is 20.1 Å². The maximum atomic E-state index is 12.9. The SMILES string of the molecule is CCCNC(=O)c1nc(C(=O)Nc2cc(OC)ccc2OC)c2ccccn12. The molecule has 0 radical (unpaired) electrons.